The molecule has 0 bridgehead atoms. The van der Waals surface area contributed by atoms with E-state index < -0.39 is 0 Å². The number of aromatic nitrogens is 2. The van der Waals surface area contributed by atoms with Crippen molar-refractivity contribution in [2.24, 2.45) is 0 Å². The molecular weight excluding hydrogens is 370 g/mol. The monoisotopic (exact) mass is 385 g/mol. The molecule has 0 spiro atoms. The zero-order valence-corrected chi connectivity index (χ0v) is 14.3. The summed E-state index contributed by atoms with van der Waals surface area (Å²) in [6.45, 7) is 5.88. The largest absolute Gasteiger partial charge is 0.379 e. The van der Waals surface area contributed by atoms with E-state index in [0.29, 0.717) is 0 Å². The maximum absolute atomic E-state index is 4.60. The number of anilines is 1. The average molecular weight is 387 g/mol. The van der Waals surface area contributed by atoms with Crippen LogP contribution in [0.25, 0.3) is 0 Å². The van der Waals surface area contributed by atoms with Crippen molar-refractivity contribution in [2.45, 2.75) is 33.4 Å². The van der Waals surface area contributed by atoms with Crippen LogP contribution in [0.15, 0.2) is 33.2 Å². The molecule has 0 aliphatic heterocycles. The van der Waals surface area contributed by atoms with Crippen molar-refractivity contribution in [3.63, 3.8) is 0 Å². The Kier molecular flexibility index (Phi) is 5.05. The van der Waals surface area contributed by atoms with Crippen molar-refractivity contribution in [1.29, 1.82) is 0 Å². The topological polar surface area (TPSA) is 29.9 Å². The van der Waals surface area contributed by atoms with Crippen LogP contribution in [0.3, 0.4) is 0 Å². The number of rotatable bonds is 5. The maximum atomic E-state index is 4.60. The molecule has 0 saturated carbocycles. The summed E-state index contributed by atoms with van der Waals surface area (Å²) in [4.78, 5) is 0. The molecule has 5 heteroatoms. The van der Waals surface area contributed by atoms with E-state index in [1.807, 2.05) is 16.8 Å². The van der Waals surface area contributed by atoms with Crippen molar-refractivity contribution >= 4 is 37.5 Å². The van der Waals surface area contributed by atoms with Crippen LogP contribution in [0.5, 0.6) is 0 Å². The first-order valence-electron chi connectivity index (χ1n) is 6.39. The van der Waals surface area contributed by atoms with Gasteiger partial charge >= 0.3 is 0 Å². The molecule has 0 saturated heterocycles. The minimum Gasteiger partial charge on any atom is -0.379 e. The van der Waals surface area contributed by atoms with E-state index in [2.05, 4.69) is 68.3 Å². The Morgan fingerprint density at radius 1 is 1.26 bits per heavy atom. The molecule has 0 atom stereocenters. The highest BCUT2D eigenvalue weighted by Crippen LogP contribution is 2.24. The highest BCUT2D eigenvalue weighted by Gasteiger charge is 2.13. The van der Waals surface area contributed by atoms with Gasteiger partial charge in [-0.25, -0.2) is 0 Å². The Bertz CT molecular complexity index is 564. The lowest BCUT2D eigenvalue weighted by Gasteiger charge is -2.09. The third-order valence-corrected chi connectivity index (χ3v) is 4.39. The van der Waals surface area contributed by atoms with Crippen LogP contribution in [0, 0.1) is 0 Å². The van der Waals surface area contributed by atoms with Gasteiger partial charge in [-0.3, -0.25) is 4.68 Å². The Morgan fingerprint density at radius 2 is 2.05 bits per heavy atom. The molecule has 1 N–H and O–H groups in total. The van der Waals surface area contributed by atoms with Crippen LogP contribution in [-0.4, -0.2) is 9.78 Å². The van der Waals surface area contributed by atoms with Gasteiger partial charge in [-0.1, -0.05) is 28.9 Å². The molecule has 3 nitrogen and oxygen atoms in total. The minimum absolute atomic E-state index is 0.762. The number of hydrogen-bond acceptors (Lipinski definition) is 2. The summed E-state index contributed by atoms with van der Waals surface area (Å²) in [6, 6.07) is 8.18. The quantitative estimate of drug-likeness (QED) is 0.813. The molecule has 0 aliphatic carbocycles. The van der Waals surface area contributed by atoms with Crippen molar-refractivity contribution in [3.05, 3.63) is 44.6 Å². The maximum Gasteiger partial charge on any atom is 0.0767 e. The van der Waals surface area contributed by atoms with Crippen molar-refractivity contribution in [3.8, 4) is 0 Å². The van der Waals surface area contributed by atoms with E-state index >= 15 is 0 Å². The molecule has 1 heterocycles. The van der Waals surface area contributed by atoms with Gasteiger partial charge in [0.05, 0.1) is 22.4 Å². The fraction of sp³-hybridized carbons (Fsp3) is 0.357. The zero-order valence-electron chi connectivity index (χ0n) is 11.1. The molecule has 1 aromatic carbocycles. The second kappa shape index (κ2) is 6.57. The van der Waals surface area contributed by atoms with Crippen LogP contribution in [0.2, 0.25) is 0 Å². The normalized spacial score (nSPS) is 10.7. The van der Waals surface area contributed by atoms with Crippen LogP contribution in [0.1, 0.15) is 25.2 Å². The summed E-state index contributed by atoms with van der Waals surface area (Å²) in [6.07, 6.45) is 0.942. The summed E-state index contributed by atoms with van der Waals surface area (Å²) < 4.78 is 4.25. The summed E-state index contributed by atoms with van der Waals surface area (Å²) in [5, 5.41) is 8.03. The van der Waals surface area contributed by atoms with Gasteiger partial charge in [-0.15, -0.1) is 0 Å². The van der Waals surface area contributed by atoms with Gasteiger partial charge in [0.1, 0.15) is 0 Å². The van der Waals surface area contributed by atoms with E-state index in [1.165, 1.54) is 5.69 Å². The molecule has 0 radical (unpaired) electrons. The molecule has 102 valence electrons. The lowest BCUT2D eigenvalue weighted by Crippen LogP contribution is -2.08. The Labute approximate surface area is 130 Å². The van der Waals surface area contributed by atoms with Crippen molar-refractivity contribution in [2.75, 3.05) is 5.32 Å². The highest BCUT2D eigenvalue weighted by molar-refractivity contribution is 9.10. The lowest BCUT2D eigenvalue weighted by atomic mass is 10.3. The minimum atomic E-state index is 0.762. The van der Waals surface area contributed by atoms with Gasteiger partial charge in [-0.2, -0.15) is 5.10 Å². The number of nitrogens with one attached hydrogen (secondary N) is 1. The second-order valence-corrected chi connectivity index (χ2v) is 5.95. The fourth-order valence-electron chi connectivity index (χ4n) is 1.97. The van der Waals surface area contributed by atoms with Gasteiger partial charge in [-0.05, 0) is 47.5 Å². The first-order chi connectivity index (χ1) is 9.15. The van der Waals surface area contributed by atoms with Crippen LogP contribution < -0.4 is 5.32 Å². The van der Waals surface area contributed by atoms with Crippen LogP contribution >= 0.6 is 31.9 Å². The standard InChI is InChI=1S/C14H17Br2N3/c1-3-12-14(16)13(19(4-2)18-12)9-17-11-7-5-6-10(15)8-11/h5-8,17H,3-4,9H2,1-2H3. The second-order valence-electron chi connectivity index (χ2n) is 4.24. The molecule has 0 fully saturated rings. The fourth-order valence-corrected chi connectivity index (χ4v) is 3.07. The molecule has 19 heavy (non-hydrogen) atoms. The zero-order chi connectivity index (χ0) is 13.8. The SMILES string of the molecule is CCc1nn(CC)c(CNc2cccc(Br)c2)c1Br. The van der Waals surface area contributed by atoms with Gasteiger partial charge in [0, 0.05) is 16.7 Å². The number of hydrogen-bond donors (Lipinski definition) is 1. The Hall–Kier alpha value is -0.810. The van der Waals surface area contributed by atoms with E-state index in [9.17, 15) is 0 Å². The number of benzene rings is 1. The van der Waals surface area contributed by atoms with Crippen LogP contribution in [-0.2, 0) is 19.5 Å². The predicted octanol–water partition coefficient (Wildman–Crippen LogP) is 4.60. The first kappa shape index (κ1) is 14.6. The molecular formula is C14H17Br2N3. The van der Waals surface area contributed by atoms with Gasteiger partial charge < -0.3 is 5.32 Å². The molecule has 2 aromatic rings. The number of halogens is 2. The average Bonchev–Trinajstić information content (AvgIpc) is 2.72. The Balaban J connectivity index is 2.17. The predicted molar refractivity (Wildman–Crippen MR) is 86.4 cm³/mol. The van der Waals surface area contributed by atoms with Gasteiger partial charge in [0.25, 0.3) is 0 Å². The van der Waals surface area contributed by atoms with Gasteiger partial charge in [0.15, 0.2) is 0 Å². The number of aryl methyl sites for hydroxylation is 2. The van der Waals surface area contributed by atoms with Crippen molar-refractivity contribution < 1.29 is 0 Å². The summed E-state index contributed by atoms with van der Waals surface area (Å²) >= 11 is 7.14. The lowest BCUT2D eigenvalue weighted by molar-refractivity contribution is 0.619. The molecule has 0 aliphatic rings. The number of nitrogens with zero attached hydrogens (tertiary/aromatic N) is 2. The van der Waals surface area contributed by atoms with Crippen LogP contribution in [0.4, 0.5) is 5.69 Å². The first-order valence-corrected chi connectivity index (χ1v) is 7.97. The smallest absolute Gasteiger partial charge is 0.0767 e. The molecule has 1 aromatic heterocycles. The van der Waals surface area contributed by atoms with E-state index in [4.69, 9.17) is 0 Å². The van der Waals surface area contributed by atoms with Crippen molar-refractivity contribution in [1.82, 2.24) is 9.78 Å². The van der Waals surface area contributed by atoms with E-state index in [0.717, 1.165) is 39.8 Å². The summed E-state index contributed by atoms with van der Waals surface area (Å²) in [5.41, 5.74) is 3.41. The summed E-state index contributed by atoms with van der Waals surface area (Å²) in [5.74, 6) is 0. The third-order valence-electron chi connectivity index (χ3n) is 2.98. The molecule has 0 unspecified atom stereocenters. The highest BCUT2D eigenvalue weighted by atomic mass is 79.9. The third kappa shape index (κ3) is 3.39. The van der Waals surface area contributed by atoms with Gasteiger partial charge in [0.2, 0.25) is 0 Å². The van der Waals surface area contributed by atoms with E-state index in [-0.39, 0.29) is 0 Å². The molecule has 2 rings (SSSR count). The van der Waals surface area contributed by atoms with E-state index in [1.54, 1.807) is 0 Å². The Morgan fingerprint density at radius 3 is 2.68 bits per heavy atom. The summed E-state index contributed by atoms with van der Waals surface area (Å²) in [7, 11) is 0. The molecule has 0 amide bonds.